The van der Waals surface area contributed by atoms with Crippen molar-refractivity contribution < 1.29 is 21.6 Å². The van der Waals surface area contributed by atoms with E-state index in [9.17, 15) is 17.2 Å². The summed E-state index contributed by atoms with van der Waals surface area (Å²) in [5.41, 5.74) is 1.39. The molecule has 4 rings (SSSR count). The summed E-state index contributed by atoms with van der Waals surface area (Å²) in [6.45, 7) is 0.771. The predicted octanol–water partition coefficient (Wildman–Crippen LogP) is 3.05. The molecule has 0 spiro atoms. The van der Waals surface area contributed by atoms with Gasteiger partial charge in [0.15, 0.2) is 5.58 Å². The lowest BCUT2D eigenvalue weighted by molar-refractivity contribution is 0.532. The van der Waals surface area contributed by atoms with E-state index in [4.69, 9.17) is 4.42 Å². The molecule has 0 bridgehead atoms. The highest BCUT2D eigenvalue weighted by molar-refractivity contribution is 7.89. The van der Waals surface area contributed by atoms with Crippen LogP contribution >= 0.6 is 0 Å². The number of benzene rings is 2. The van der Waals surface area contributed by atoms with Crippen molar-refractivity contribution in [2.24, 2.45) is 0 Å². The average molecular weight is 393 g/mol. The van der Waals surface area contributed by atoms with Crippen LogP contribution in [0.2, 0.25) is 0 Å². The second kappa shape index (κ2) is 6.90. The normalized spacial score (nSPS) is 17.7. The summed E-state index contributed by atoms with van der Waals surface area (Å²) in [4.78, 5) is 5.93. The molecular weight excluding hydrogens is 376 g/mol. The van der Waals surface area contributed by atoms with Crippen LogP contribution in [0.5, 0.6) is 0 Å². The molecule has 0 amide bonds. The number of hydrogen-bond acceptors (Lipinski definition) is 5. The number of hydrogen-bond donors (Lipinski definition) is 1. The summed E-state index contributed by atoms with van der Waals surface area (Å²) in [7, 11) is -4.03. The highest BCUT2D eigenvalue weighted by Crippen LogP contribution is 2.28. The highest BCUT2D eigenvalue weighted by atomic mass is 32.2. The number of para-hydroxylation sites is 2. The Kier molecular flexibility index (Phi) is 4.56. The van der Waals surface area contributed by atoms with Crippen molar-refractivity contribution in [1.82, 2.24) is 9.71 Å². The van der Waals surface area contributed by atoms with E-state index >= 15 is 0 Å². The summed E-state index contributed by atoms with van der Waals surface area (Å²) in [6, 6.07) is 9.86. The lowest BCUT2D eigenvalue weighted by Gasteiger charge is -2.23. The molecule has 0 aliphatic carbocycles. The van der Waals surface area contributed by atoms with Crippen molar-refractivity contribution in [2.75, 3.05) is 18.0 Å². The van der Waals surface area contributed by atoms with Crippen LogP contribution in [0.3, 0.4) is 0 Å². The molecule has 0 radical (unpaired) electrons. The van der Waals surface area contributed by atoms with Crippen LogP contribution in [-0.2, 0) is 10.0 Å². The van der Waals surface area contributed by atoms with Gasteiger partial charge in [0.2, 0.25) is 10.0 Å². The molecule has 1 unspecified atom stereocenters. The summed E-state index contributed by atoms with van der Waals surface area (Å²) < 4.78 is 59.6. The highest BCUT2D eigenvalue weighted by Gasteiger charge is 2.30. The third kappa shape index (κ3) is 3.65. The largest absolute Gasteiger partial charge is 0.423 e. The Balaban J connectivity index is 1.51. The van der Waals surface area contributed by atoms with Crippen LogP contribution in [0.15, 0.2) is 51.8 Å². The molecule has 1 N–H and O–H groups in total. The van der Waals surface area contributed by atoms with Gasteiger partial charge in [-0.2, -0.15) is 4.98 Å². The zero-order valence-electron chi connectivity index (χ0n) is 14.2. The van der Waals surface area contributed by atoms with Gasteiger partial charge >= 0.3 is 0 Å². The van der Waals surface area contributed by atoms with Gasteiger partial charge in [-0.1, -0.05) is 12.1 Å². The van der Waals surface area contributed by atoms with E-state index in [0.717, 1.165) is 30.5 Å². The lowest BCUT2D eigenvalue weighted by Crippen LogP contribution is -2.40. The molecule has 1 saturated heterocycles. The maximum atomic E-state index is 13.3. The Morgan fingerprint density at radius 1 is 1.19 bits per heavy atom. The van der Waals surface area contributed by atoms with E-state index in [1.807, 2.05) is 29.2 Å². The van der Waals surface area contributed by atoms with Gasteiger partial charge in [0.25, 0.3) is 6.01 Å². The number of anilines is 1. The van der Waals surface area contributed by atoms with Crippen LogP contribution in [0.25, 0.3) is 11.1 Å². The predicted molar refractivity (Wildman–Crippen MR) is 95.9 cm³/mol. The fourth-order valence-corrected chi connectivity index (χ4v) is 4.37. The maximum Gasteiger partial charge on any atom is 0.298 e. The van der Waals surface area contributed by atoms with E-state index in [1.54, 1.807) is 0 Å². The number of nitrogens with one attached hydrogen (secondary N) is 1. The molecule has 27 heavy (non-hydrogen) atoms. The zero-order chi connectivity index (χ0) is 19.0. The number of aromatic nitrogens is 1. The number of halogens is 2. The van der Waals surface area contributed by atoms with Gasteiger partial charge in [0, 0.05) is 25.2 Å². The summed E-state index contributed by atoms with van der Waals surface area (Å²) in [5.74, 6) is -1.88. The quantitative estimate of drug-likeness (QED) is 0.721. The Morgan fingerprint density at radius 3 is 2.67 bits per heavy atom. The maximum absolute atomic E-state index is 13.3. The van der Waals surface area contributed by atoms with Gasteiger partial charge in [-0.15, -0.1) is 0 Å². The van der Waals surface area contributed by atoms with Gasteiger partial charge in [0.1, 0.15) is 17.2 Å². The second-order valence-corrected chi connectivity index (χ2v) is 8.18. The van der Waals surface area contributed by atoms with Gasteiger partial charge in [-0.05, 0) is 37.1 Å². The molecule has 1 fully saturated rings. The van der Waals surface area contributed by atoms with Gasteiger partial charge in [0.05, 0.1) is 4.90 Å². The number of nitrogens with zero attached hydrogens (tertiary/aromatic N) is 2. The molecule has 2 aromatic carbocycles. The Morgan fingerprint density at radius 2 is 1.93 bits per heavy atom. The van der Waals surface area contributed by atoms with E-state index in [2.05, 4.69) is 9.71 Å². The minimum Gasteiger partial charge on any atom is -0.423 e. The van der Waals surface area contributed by atoms with E-state index in [0.29, 0.717) is 24.2 Å². The Labute approximate surface area is 154 Å². The summed E-state index contributed by atoms with van der Waals surface area (Å²) in [5, 5.41) is 0. The zero-order valence-corrected chi connectivity index (χ0v) is 15.0. The number of oxazole rings is 1. The lowest BCUT2D eigenvalue weighted by atomic mass is 10.2. The summed E-state index contributed by atoms with van der Waals surface area (Å²) in [6.07, 6.45) is 1.61. The molecular formula is C18H17F2N3O3S. The van der Waals surface area contributed by atoms with Crippen LogP contribution < -0.4 is 9.62 Å². The van der Waals surface area contributed by atoms with Crippen molar-refractivity contribution in [3.63, 3.8) is 0 Å². The number of fused-ring (bicyclic) bond motifs is 1. The first-order chi connectivity index (χ1) is 12.9. The number of sulfonamides is 1. The van der Waals surface area contributed by atoms with Crippen LogP contribution in [-0.4, -0.2) is 32.5 Å². The third-order valence-corrected chi connectivity index (χ3v) is 5.96. The van der Waals surface area contributed by atoms with Crippen molar-refractivity contribution >= 4 is 27.1 Å². The second-order valence-electron chi connectivity index (χ2n) is 6.41. The van der Waals surface area contributed by atoms with Gasteiger partial charge < -0.3 is 9.32 Å². The number of rotatable bonds is 5. The summed E-state index contributed by atoms with van der Waals surface area (Å²) >= 11 is 0. The Bertz CT molecular complexity index is 1030. The van der Waals surface area contributed by atoms with Crippen LogP contribution in [0.1, 0.15) is 12.8 Å². The van der Waals surface area contributed by atoms with Crippen molar-refractivity contribution in [2.45, 2.75) is 23.8 Å². The van der Waals surface area contributed by atoms with E-state index in [1.165, 1.54) is 0 Å². The molecule has 1 aliphatic heterocycles. The first-order valence-corrected chi connectivity index (χ1v) is 9.99. The standard InChI is InChI=1S/C18H17F2N3O3S/c19-12-8-13(20)10-15(9-12)27(24,25)21-11-14-4-3-7-23(14)18-22-16-5-1-2-6-17(16)26-18/h1-2,5-6,8-10,14,21H,3-4,7,11H2. The average Bonchev–Trinajstić information content (AvgIpc) is 3.25. The minimum atomic E-state index is -4.03. The van der Waals surface area contributed by atoms with Crippen molar-refractivity contribution in [3.05, 3.63) is 54.1 Å². The smallest absolute Gasteiger partial charge is 0.298 e. The van der Waals surface area contributed by atoms with Crippen molar-refractivity contribution in [3.8, 4) is 0 Å². The first kappa shape index (κ1) is 17.9. The molecule has 142 valence electrons. The molecule has 0 saturated carbocycles. The van der Waals surface area contributed by atoms with Crippen LogP contribution in [0.4, 0.5) is 14.8 Å². The molecule has 3 aromatic rings. The van der Waals surface area contributed by atoms with Gasteiger partial charge in [-0.3, -0.25) is 0 Å². The van der Waals surface area contributed by atoms with E-state index < -0.39 is 26.6 Å². The third-order valence-electron chi connectivity index (χ3n) is 4.56. The van der Waals surface area contributed by atoms with E-state index in [-0.39, 0.29) is 12.6 Å². The topological polar surface area (TPSA) is 75.4 Å². The molecule has 6 nitrogen and oxygen atoms in total. The molecule has 9 heteroatoms. The molecule has 1 aromatic heterocycles. The minimum absolute atomic E-state index is 0.0825. The Hall–Kier alpha value is -2.52. The fraction of sp³-hybridized carbons (Fsp3) is 0.278. The molecule has 1 aliphatic rings. The first-order valence-electron chi connectivity index (χ1n) is 8.50. The SMILES string of the molecule is O=S(=O)(NCC1CCCN1c1nc2ccccc2o1)c1cc(F)cc(F)c1. The molecule has 1 atom stereocenters. The fourth-order valence-electron chi connectivity index (χ4n) is 3.26. The van der Waals surface area contributed by atoms with Crippen LogP contribution in [0, 0.1) is 11.6 Å². The molecule has 2 heterocycles. The van der Waals surface area contributed by atoms with Crippen molar-refractivity contribution in [1.29, 1.82) is 0 Å². The monoisotopic (exact) mass is 393 g/mol. The van der Waals surface area contributed by atoms with Gasteiger partial charge in [-0.25, -0.2) is 21.9 Å².